The minimum Gasteiger partial charge on any atom is -0.391 e. The topological polar surface area (TPSA) is 58.3 Å². The Morgan fingerprint density at radius 2 is 2.06 bits per heavy atom. The lowest BCUT2D eigenvalue weighted by atomic mass is 9.70. The van der Waals surface area contributed by atoms with Gasteiger partial charge in [-0.3, -0.25) is 0 Å². The number of aliphatic hydroxyl groups is 1. The highest BCUT2D eigenvalue weighted by atomic mass is 32.1. The summed E-state index contributed by atoms with van der Waals surface area (Å²) < 4.78 is 0. The van der Waals surface area contributed by atoms with Gasteiger partial charge in [0.15, 0.2) is 0 Å². The molecule has 1 rings (SSSR count). The molecule has 4 N–H and O–H groups in total. The van der Waals surface area contributed by atoms with Crippen LogP contribution < -0.4 is 11.1 Å². The number of nitrogens with one attached hydrogen (secondary N) is 1. The van der Waals surface area contributed by atoms with Crippen molar-refractivity contribution < 1.29 is 5.11 Å². The molecule has 4 unspecified atom stereocenters. The van der Waals surface area contributed by atoms with Crippen LogP contribution in [0.15, 0.2) is 22.8 Å². The van der Waals surface area contributed by atoms with Crippen LogP contribution in [0.4, 0.5) is 0 Å². The molecule has 0 aromatic heterocycles. The zero-order valence-corrected chi connectivity index (χ0v) is 11.3. The fraction of sp³-hybridized carbons (Fsp3) is 0.667. The van der Waals surface area contributed by atoms with E-state index in [4.69, 9.17) is 5.73 Å². The first-order valence-corrected chi connectivity index (χ1v) is 5.96. The molecule has 0 bridgehead atoms. The average molecular weight is 242 g/mol. The van der Waals surface area contributed by atoms with Gasteiger partial charge in [-0.15, -0.1) is 12.6 Å². The summed E-state index contributed by atoms with van der Waals surface area (Å²) in [5.41, 5.74) is 7.33. The van der Waals surface area contributed by atoms with Crippen molar-refractivity contribution in [2.24, 2.45) is 11.7 Å². The van der Waals surface area contributed by atoms with E-state index in [1.54, 1.807) is 6.92 Å². The van der Waals surface area contributed by atoms with Crippen molar-refractivity contribution in [3.05, 3.63) is 22.8 Å². The highest BCUT2D eigenvalue weighted by Crippen LogP contribution is 2.38. The summed E-state index contributed by atoms with van der Waals surface area (Å²) >= 11 is 4.50. The molecule has 1 fully saturated rings. The molecular weight excluding hydrogens is 220 g/mol. The number of thiol groups is 1. The van der Waals surface area contributed by atoms with Gasteiger partial charge in [0.25, 0.3) is 0 Å². The van der Waals surface area contributed by atoms with Crippen molar-refractivity contribution in [1.29, 1.82) is 0 Å². The van der Waals surface area contributed by atoms with Crippen molar-refractivity contribution >= 4 is 12.6 Å². The van der Waals surface area contributed by atoms with Gasteiger partial charge in [0.2, 0.25) is 0 Å². The molecule has 0 amide bonds. The van der Waals surface area contributed by atoms with Crippen molar-refractivity contribution in [3.63, 3.8) is 0 Å². The Morgan fingerprint density at radius 1 is 1.56 bits per heavy atom. The standard InChI is InChI=1S/C12H22N2OS/c1-6(2)10(16)7(3)11-12(13,9(5)15)8(4)14-11/h7,9,11,14-16H,4,13H2,1-3,5H3. The molecule has 0 saturated carbocycles. The van der Waals surface area contributed by atoms with Crippen LogP contribution in [0.25, 0.3) is 0 Å². The molecule has 1 saturated heterocycles. The third-order valence-corrected chi connectivity index (χ3v) is 4.36. The first kappa shape index (κ1) is 13.6. The molecule has 1 aliphatic rings. The molecule has 16 heavy (non-hydrogen) atoms. The number of hydrogen-bond acceptors (Lipinski definition) is 4. The summed E-state index contributed by atoms with van der Waals surface area (Å²) in [5, 5.41) is 13.0. The smallest absolute Gasteiger partial charge is 0.102 e. The molecule has 0 spiro atoms. The van der Waals surface area contributed by atoms with Crippen LogP contribution >= 0.6 is 12.6 Å². The van der Waals surface area contributed by atoms with Gasteiger partial charge in [-0.25, -0.2) is 0 Å². The number of nitrogens with two attached hydrogens (primary N) is 1. The van der Waals surface area contributed by atoms with Gasteiger partial charge in [0.1, 0.15) is 5.54 Å². The number of rotatable bonds is 3. The highest BCUT2D eigenvalue weighted by molar-refractivity contribution is 7.84. The van der Waals surface area contributed by atoms with E-state index in [9.17, 15) is 5.11 Å². The Bertz CT molecular complexity index is 334. The SMILES string of the molecule is C=C1NC(C(C)C(S)=C(C)C)C1(N)C(C)O. The fourth-order valence-corrected chi connectivity index (χ4v) is 2.36. The molecule has 0 aliphatic carbocycles. The first-order chi connectivity index (χ1) is 7.22. The van der Waals surface area contributed by atoms with Gasteiger partial charge in [0.05, 0.1) is 12.1 Å². The zero-order valence-electron chi connectivity index (χ0n) is 10.4. The van der Waals surface area contributed by atoms with E-state index in [-0.39, 0.29) is 12.0 Å². The summed E-state index contributed by atoms with van der Waals surface area (Å²) in [7, 11) is 0. The second kappa shape index (κ2) is 4.43. The molecule has 1 aliphatic heterocycles. The predicted molar refractivity (Wildman–Crippen MR) is 71.2 cm³/mol. The zero-order chi connectivity index (χ0) is 12.7. The molecule has 92 valence electrons. The van der Waals surface area contributed by atoms with E-state index in [1.165, 1.54) is 5.57 Å². The van der Waals surface area contributed by atoms with Gasteiger partial charge in [-0.05, 0) is 25.7 Å². The molecule has 0 aromatic rings. The van der Waals surface area contributed by atoms with Crippen LogP contribution in [-0.2, 0) is 0 Å². The lowest BCUT2D eigenvalue weighted by Crippen LogP contribution is -2.77. The second-order valence-corrected chi connectivity index (χ2v) is 5.37. The lowest BCUT2D eigenvalue weighted by Gasteiger charge is -2.54. The fourth-order valence-electron chi connectivity index (χ4n) is 2.21. The minimum absolute atomic E-state index is 0.0117. The van der Waals surface area contributed by atoms with E-state index >= 15 is 0 Å². The molecule has 4 heteroatoms. The summed E-state index contributed by atoms with van der Waals surface area (Å²) in [6, 6.07) is -0.0117. The van der Waals surface area contributed by atoms with Crippen LogP contribution in [0, 0.1) is 5.92 Å². The number of aliphatic hydroxyl groups excluding tert-OH is 1. The Balaban J connectivity index is 2.93. The van der Waals surface area contributed by atoms with E-state index in [2.05, 4.69) is 31.4 Å². The highest BCUT2D eigenvalue weighted by Gasteiger charge is 2.53. The number of hydrogen-bond donors (Lipinski definition) is 4. The molecule has 0 aromatic carbocycles. The molecular formula is C12H22N2OS. The second-order valence-electron chi connectivity index (χ2n) is 4.88. The van der Waals surface area contributed by atoms with Crippen molar-refractivity contribution in [2.75, 3.05) is 0 Å². The summed E-state index contributed by atoms with van der Waals surface area (Å²) in [6.07, 6.45) is -0.619. The van der Waals surface area contributed by atoms with Crippen LogP contribution in [0.5, 0.6) is 0 Å². The van der Waals surface area contributed by atoms with E-state index in [0.717, 1.165) is 4.91 Å². The maximum absolute atomic E-state index is 9.77. The van der Waals surface area contributed by atoms with E-state index in [1.807, 2.05) is 13.8 Å². The van der Waals surface area contributed by atoms with Crippen LogP contribution in [0.3, 0.4) is 0 Å². The average Bonchev–Trinajstić information content (AvgIpc) is 2.21. The predicted octanol–water partition coefficient (Wildman–Crippen LogP) is 1.41. The summed E-state index contributed by atoms with van der Waals surface area (Å²) in [6.45, 7) is 11.6. The monoisotopic (exact) mass is 242 g/mol. The van der Waals surface area contributed by atoms with Crippen LogP contribution in [0.1, 0.15) is 27.7 Å². The largest absolute Gasteiger partial charge is 0.391 e. The Kier molecular flexibility index (Phi) is 3.77. The molecule has 1 heterocycles. The van der Waals surface area contributed by atoms with Gasteiger partial charge < -0.3 is 16.2 Å². The van der Waals surface area contributed by atoms with E-state index in [0.29, 0.717) is 5.70 Å². The number of allylic oxidation sites excluding steroid dienone is 1. The summed E-state index contributed by atoms with van der Waals surface area (Å²) in [4.78, 5) is 1.01. The van der Waals surface area contributed by atoms with Gasteiger partial charge in [-0.1, -0.05) is 19.1 Å². The normalized spacial score (nSPS) is 32.4. The molecule has 3 nitrogen and oxygen atoms in total. The first-order valence-electron chi connectivity index (χ1n) is 5.52. The van der Waals surface area contributed by atoms with Crippen molar-refractivity contribution in [3.8, 4) is 0 Å². The summed E-state index contributed by atoms with van der Waals surface area (Å²) in [5.74, 6) is 0.165. The Morgan fingerprint density at radius 3 is 2.38 bits per heavy atom. The maximum Gasteiger partial charge on any atom is 0.102 e. The van der Waals surface area contributed by atoms with E-state index < -0.39 is 11.6 Å². The molecule has 0 radical (unpaired) electrons. The maximum atomic E-state index is 9.77. The van der Waals surface area contributed by atoms with Gasteiger partial charge in [0, 0.05) is 11.6 Å². The van der Waals surface area contributed by atoms with Gasteiger partial charge >= 0.3 is 0 Å². The van der Waals surface area contributed by atoms with Gasteiger partial charge in [-0.2, -0.15) is 0 Å². The lowest BCUT2D eigenvalue weighted by molar-refractivity contribution is 0.0457. The Hall–Kier alpha value is -0.450. The quantitative estimate of drug-likeness (QED) is 0.566. The van der Waals surface area contributed by atoms with Crippen molar-refractivity contribution in [2.45, 2.75) is 45.4 Å². The minimum atomic E-state index is -0.747. The third kappa shape index (κ3) is 1.90. The Labute approximate surface area is 103 Å². The van der Waals surface area contributed by atoms with Crippen LogP contribution in [-0.4, -0.2) is 22.8 Å². The molecule has 4 atom stereocenters. The van der Waals surface area contributed by atoms with Crippen molar-refractivity contribution in [1.82, 2.24) is 5.32 Å². The van der Waals surface area contributed by atoms with Crippen LogP contribution in [0.2, 0.25) is 0 Å². The third-order valence-electron chi connectivity index (χ3n) is 3.50.